The van der Waals surface area contributed by atoms with Crippen molar-refractivity contribution in [3.63, 3.8) is 0 Å². The van der Waals surface area contributed by atoms with E-state index in [9.17, 15) is 9.90 Å². The highest BCUT2D eigenvalue weighted by molar-refractivity contribution is 9.10. The monoisotopic (exact) mass is 587 g/mol. The summed E-state index contributed by atoms with van der Waals surface area (Å²) in [6.45, 7) is 2.26. The summed E-state index contributed by atoms with van der Waals surface area (Å²) in [6, 6.07) is 12.9. The zero-order chi connectivity index (χ0) is 25.6. The van der Waals surface area contributed by atoms with Crippen molar-refractivity contribution in [1.82, 2.24) is 0 Å². The molecule has 0 amide bonds. The lowest BCUT2D eigenvalue weighted by atomic mass is 9.74. The van der Waals surface area contributed by atoms with E-state index in [-0.39, 0.29) is 24.5 Å². The number of allylic oxidation sites excluding steroid dienone is 2. The van der Waals surface area contributed by atoms with Gasteiger partial charge in [0, 0.05) is 27.2 Å². The fraction of sp³-hybridized carbons (Fsp3) is 0.250. The van der Waals surface area contributed by atoms with Crippen molar-refractivity contribution in [2.75, 3.05) is 12.4 Å². The van der Waals surface area contributed by atoms with Crippen LogP contribution in [0, 0.1) is 12.8 Å². The smallest absolute Gasteiger partial charge is 0.336 e. The summed E-state index contributed by atoms with van der Waals surface area (Å²) in [7, 11) is 1.61. The molecule has 5 nitrogen and oxygen atoms in total. The first-order valence-corrected chi connectivity index (χ1v) is 13.1. The number of benzene rings is 3. The van der Waals surface area contributed by atoms with Crippen molar-refractivity contribution in [3.8, 4) is 11.5 Å². The topological polar surface area (TPSA) is 67.8 Å². The van der Waals surface area contributed by atoms with Crippen LogP contribution in [-0.4, -0.2) is 18.2 Å². The summed E-state index contributed by atoms with van der Waals surface area (Å²) < 4.78 is 12.6. The first kappa shape index (κ1) is 25.0. The van der Waals surface area contributed by atoms with Crippen molar-refractivity contribution in [2.45, 2.75) is 31.9 Å². The quantitative estimate of drug-likeness (QED) is 0.284. The van der Waals surface area contributed by atoms with Crippen LogP contribution in [0.5, 0.6) is 11.5 Å². The number of nitrogens with one attached hydrogen (secondary N) is 1. The number of carboxylic acids is 1. The molecule has 0 fully saturated rings. The highest BCUT2D eigenvalue weighted by Gasteiger charge is 2.41. The maximum Gasteiger partial charge on any atom is 0.336 e. The number of fused-ring (bicyclic) bond motifs is 3. The molecule has 0 aromatic heterocycles. The second kappa shape index (κ2) is 10.0. The molecule has 3 atom stereocenters. The van der Waals surface area contributed by atoms with Crippen molar-refractivity contribution in [2.24, 2.45) is 5.92 Å². The molecule has 3 aromatic carbocycles. The first-order chi connectivity index (χ1) is 17.3. The molecule has 2 aliphatic rings. The number of anilines is 1. The molecule has 186 valence electrons. The number of aryl methyl sites for hydroxylation is 1. The van der Waals surface area contributed by atoms with E-state index in [0.717, 1.165) is 38.8 Å². The molecular weight excluding hydrogens is 565 g/mol. The summed E-state index contributed by atoms with van der Waals surface area (Å²) in [5.41, 5.74) is 4.97. The minimum atomic E-state index is -0.905. The van der Waals surface area contributed by atoms with E-state index in [1.165, 1.54) is 0 Å². The van der Waals surface area contributed by atoms with Crippen LogP contribution in [0.3, 0.4) is 0 Å². The second-order valence-corrected chi connectivity index (χ2v) is 10.8. The summed E-state index contributed by atoms with van der Waals surface area (Å²) in [4.78, 5) is 12.0. The fourth-order valence-corrected chi connectivity index (χ4v) is 6.26. The standard InChI is InChI=1S/C28H24BrCl2NO4/c1-14-6-9-20(28(33)34)24-18-4-3-5-19(18)26(32-25(14)24)16-10-21(29)27(23(11-16)35-2)36-13-15-7-8-17(30)12-22(15)31/h3-4,6-12,18-19,26,32H,5,13H2,1-2H3,(H,33,34)/t18-,19+,26-/m0/s1. The van der Waals surface area contributed by atoms with Crippen LogP contribution < -0.4 is 14.8 Å². The number of hydrogen-bond donors (Lipinski definition) is 2. The molecular formula is C28H24BrCl2NO4. The Labute approximate surface area is 228 Å². The Morgan fingerprint density at radius 2 is 2.00 bits per heavy atom. The van der Waals surface area contributed by atoms with Crippen LogP contribution in [0.2, 0.25) is 10.0 Å². The molecule has 0 radical (unpaired) electrons. The lowest BCUT2D eigenvalue weighted by molar-refractivity contribution is 0.0695. The van der Waals surface area contributed by atoms with Gasteiger partial charge in [-0.1, -0.05) is 47.5 Å². The van der Waals surface area contributed by atoms with Gasteiger partial charge in [-0.3, -0.25) is 0 Å². The van der Waals surface area contributed by atoms with E-state index < -0.39 is 5.97 Å². The third-order valence-electron chi connectivity index (χ3n) is 6.96. The highest BCUT2D eigenvalue weighted by atomic mass is 79.9. The van der Waals surface area contributed by atoms with E-state index >= 15 is 0 Å². The maximum atomic E-state index is 12.0. The summed E-state index contributed by atoms with van der Waals surface area (Å²) >= 11 is 16.0. The normalized spacial score (nSPS) is 19.9. The van der Waals surface area contributed by atoms with Crippen molar-refractivity contribution >= 4 is 50.8 Å². The molecule has 1 aliphatic heterocycles. The molecule has 5 rings (SSSR count). The van der Waals surface area contributed by atoms with Gasteiger partial charge in [-0.05, 0) is 82.2 Å². The van der Waals surface area contributed by atoms with Crippen LogP contribution in [0.4, 0.5) is 5.69 Å². The molecule has 0 bridgehead atoms. The second-order valence-electron chi connectivity index (χ2n) is 9.06. The molecule has 3 aromatic rings. The molecule has 0 saturated carbocycles. The Morgan fingerprint density at radius 3 is 2.72 bits per heavy atom. The average Bonchev–Trinajstić information content (AvgIpc) is 3.33. The summed E-state index contributed by atoms with van der Waals surface area (Å²) in [5, 5.41) is 14.6. The Kier molecular flexibility index (Phi) is 6.95. The van der Waals surface area contributed by atoms with Crippen molar-refractivity contribution < 1.29 is 19.4 Å². The third-order valence-corrected chi connectivity index (χ3v) is 8.13. The number of aromatic carboxylic acids is 1. The lowest BCUT2D eigenvalue weighted by Crippen LogP contribution is -2.31. The van der Waals surface area contributed by atoms with Crippen molar-refractivity contribution in [3.05, 3.63) is 97.0 Å². The van der Waals surface area contributed by atoms with Gasteiger partial charge in [0.15, 0.2) is 11.5 Å². The minimum absolute atomic E-state index is 0.0185. The number of methoxy groups -OCH3 is 1. The Balaban J connectivity index is 1.50. The zero-order valence-electron chi connectivity index (χ0n) is 19.6. The number of halogens is 3. The molecule has 0 unspecified atom stereocenters. The predicted octanol–water partition coefficient (Wildman–Crippen LogP) is 8.18. The SMILES string of the molecule is COc1cc([C@@H]2Nc3c(C)ccc(C(=O)O)c3[C@H]3C=CC[C@H]32)cc(Br)c1OCc1ccc(Cl)cc1Cl. The molecule has 2 N–H and O–H groups in total. The molecule has 8 heteroatoms. The highest BCUT2D eigenvalue weighted by Crippen LogP contribution is 2.53. The van der Waals surface area contributed by atoms with Gasteiger partial charge in [0.1, 0.15) is 6.61 Å². The van der Waals surface area contributed by atoms with Gasteiger partial charge in [-0.2, -0.15) is 0 Å². The van der Waals surface area contributed by atoms with E-state index in [2.05, 4.69) is 33.4 Å². The fourth-order valence-electron chi connectivity index (χ4n) is 5.22. The third kappa shape index (κ3) is 4.47. The molecule has 36 heavy (non-hydrogen) atoms. The summed E-state index contributed by atoms with van der Waals surface area (Å²) in [5.74, 6) is 0.459. The van der Waals surface area contributed by atoms with E-state index in [0.29, 0.717) is 27.1 Å². The van der Waals surface area contributed by atoms with Crippen LogP contribution in [0.1, 0.15) is 51.0 Å². The minimum Gasteiger partial charge on any atom is -0.493 e. The van der Waals surface area contributed by atoms with Gasteiger partial charge < -0.3 is 19.9 Å². The van der Waals surface area contributed by atoms with Crippen LogP contribution in [-0.2, 0) is 6.61 Å². The maximum absolute atomic E-state index is 12.0. The van der Waals surface area contributed by atoms with Gasteiger partial charge in [0.25, 0.3) is 0 Å². The van der Waals surface area contributed by atoms with Crippen LogP contribution in [0.25, 0.3) is 0 Å². The Bertz CT molecular complexity index is 1390. The zero-order valence-corrected chi connectivity index (χ0v) is 22.7. The first-order valence-electron chi connectivity index (χ1n) is 11.5. The largest absolute Gasteiger partial charge is 0.493 e. The molecule has 1 heterocycles. The van der Waals surface area contributed by atoms with Gasteiger partial charge in [0.05, 0.1) is 23.2 Å². The number of carbonyl (C=O) groups is 1. The van der Waals surface area contributed by atoms with E-state index in [1.807, 2.05) is 31.2 Å². The summed E-state index contributed by atoms with van der Waals surface area (Å²) in [6.07, 6.45) is 5.14. The number of rotatable bonds is 6. The van der Waals surface area contributed by atoms with Gasteiger partial charge >= 0.3 is 5.97 Å². The molecule has 1 aliphatic carbocycles. The Morgan fingerprint density at radius 1 is 1.19 bits per heavy atom. The lowest BCUT2D eigenvalue weighted by Gasteiger charge is -2.39. The van der Waals surface area contributed by atoms with Crippen molar-refractivity contribution in [1.29, 1.82) is 0 Å². The van der Waals surface area contributed by atoms with E-state index in [4.69, 9.17) is 32.7 Å². The van der Waals surface area contributed by atoms with Gasteiger partial charge in [0.2, 0.25) is 0 Å². The van der Waals surface area contributed by atoms with E-state index in [1.54, 1.807) is 25.3 Å². The van der Waals surface area contributed by atoms with Gasteiger partial charge in [-0.25, -0.2) is 4.79 Å². The number of carboxylic acid groups (broad SMARTS) is 1. The van der Waals surface area contributed by atoms with Crippen LogP contribution in [0.15, 0.2) is 59.1 Å². The number of ether oxygens (including phenoxy) is 2. The predicted molar refractivity (Wildman–Crippen MR) is 146 cm³/mol. The molecule has 0 saturated heterocycles. The number of hydrogen-bond acceptors (Lipinski definition) is 4. The average molecular weight is 589 g/mol. The molecule has 0 spiro atoms. The van der Waals surface area contributed by atoms with Gasteiger partial charge in [-0.15, -0.1) is 0 Å². The van der Waals surface area contributed by atoms with Crippen LogP contribution >= 0.6 is 39.1 Å². The Hall–Kier alpha value is -2.67.